The Labute approximate surface area is 159 Å². The Morgan fingerprint density at radius 2 is 1.92 bits per heavy atom. The number of nitrogens with one attached hydrogen (secondary N) is 2. The van der Waals surface area contributed by atoms with Crippen molar-refractivity contribution in [1.29, 1.82) is 0 Å². The van der Waals surface area contributed by atoms with E-state index in [2.05, 4.69) is 15.6 Å². The lowest BCUT2D eigenvalue weighted by molar-refractivity contribution is -0.114. The Morgan fingerprint density at radius 1 is 1.12 bits per heavy atom. The summed E-state index contributed by atoms with van der Waals surface area (Å²) < 4.78 is 0. The molecule has 5 nitrogen and oxygen atoms in total. The lowest BCUT2D eigenvalue weighted by Crippen LogP contribution is -2.09. The molecule has 2 heterocycles. The molecule has 2 aromatic heterocycles. The summed E-state index contributed by atoms with van der Waals surface area (Å²) in [6.45, 7) is 1.48. The van der Waals surface area contributed by atoms with Crippen LogP contribution >= 0.6 is 22.7 Å². The van der Waals surface area contributed by atoms with Gasteiger partial charge in [-0.1, -0.05) is 12.1 Å². The summed E-state index contributed by atoms with van der Waals surface area (Å²) in [5, 5.41) is 8.13. The fourth-order valence-electron chi connectivity index (χ4n) is 2.99. The number of amides is 2. The Balaban J connectivity index is 1.45. The van der Waals surface area contributed by atoms with Gasteiger partial charge in [0.1, 0.15) is 0 Å². The Hall–Kier alpha value is -2.51. The number of fused-ring (bicyclic) bond motifs is 1. The fraction of sp³-hybridized carbons (Fsp3) is 0.211. The first-order valence-corrected chi connectivity index (χ1v) is 10.0. The maximum atomic E-state index is 12.4. The number of rotatable bonds is 4. The van der Waals surface area contributed by atoms with Gasteiger partial charge in [0.15, 0.2) is 5.13 Å². The molecule has 0 fully saturated rings. The highest BCUT2D eigenvalue weighted by Gasteiger charge is 2.19. The van der Waals surface area contributed by atoms with Crippen LogP contribution < -0.4 is 10.6 Å². The minimum atomic E-state index is -0.101. The molecule has 0 radical (unpaired) electrons. The van der Waals surface area contributed by atoms with Crippen molar-refractivity contribution in [3.63, 3.8) is 0 Å². The molecule has 0 unspecified atom stereocenters. The van der Waals surface area contributed by atoms with E-state index in [4.69, 9.17) is 0 Å². The molecule has 0 saturated carbocycles. The highest BCUT2D eigenvalue weighted by atomic mass is 32.1. The number of hydrogen-bond acceptors (Lipinski definition) is 5. The predicted molar refractivity (Wildman–Crippen MR) is 106 cm³/mol. The van der Waals surface area contributed by atoms with Crippen molar-refractivity contribution in [2.75, 3.05) is 10.6 Å². The predicted octanol–water partition coefficient (Wildman–Crippen LogP) is 4.57. The molecule has 26 heavy (non-hydrogen) atoms. The number of nitrogens with zero attached hydrogens (tertiary/aromatic N) is 1. The summed E-state index contributed by atoms with van der Waals surface area (Å²) in [5.74, 6) is -0.192. The van der Waals surface area contributed by atoms with Crippen LogP contribution in [0, 0.1) is 0 Å². The number of anilines is 2. The van der Waals surface area contributed by atoms with Crippen LogP contribution in [0.1, 0.15) is 33.5 Å². The molecule has 1 aromatic carbocycles. The standard InChI is InChI=1S/C19H17N3O2S2/c1-11(23)20-14-7-5-12(6-8-14)15-10-25-19(21-15)22-18(24)17-9-13-3-2-4-16(13)26-17/h5-10H,2-4H2,1H3,(H,20,23)(H,21,22,24). The molecular weight excluding hydrogens is 366 g/mol. The molecule has 2 amide bonds. The number of hydrogen-bond donors (Lipinski definition) is 2. The van der Waals surface area contributed by atoms with Crippen molar-refractivity contribution in [3.8, 4) is 11.3 Å². The third-order valence-corrected chi connectivity index (χ3v) is 6.19. The van der Waals surface area contributed by atoms with Crippen molar-refractivity contribution < 1.29 is 9.59 Å². The Bertz CT molecular complexity index is 952. The van der Waals surface area contributed by atoms with Crippen LogP contribution in [0.5, 0.6) is 0 Å². The first kappa shape index (κ1) is 16.9. The number of thiophene rings is 1. The lowest BCUT2D eigenvalue weighted by Gasteiger charge is -2.02. The van der Waals surface area contributed by atoms with Crippen LogP contribution in [0.25, 0.3) is 11.3 Å². The van der Waals surface area contributed by atoms with Crippen molar-refractivity contribution in [2.45, 2.75) is 26.2 Å². The van der Waals surface area contributed by atoms with Gasteiger partial charge in [0.25, 0.3) is 5.91 Å². The van der Waals surface area contributed by atoms with Crippen molar-refractivity contribution >= 4 is 45.3 Å². The second kappa shape index (κ2) is 7.01. The Morgan fingerprint density at radius 3 is 2.65 bits per heavy atom. The van der Waals surface area contributed by atoms with Gasteiger partial charge in [-0.15, -0.1) is 22.7 Å². The van der Waals surface area contributed by atoms with Gasteiger partial charge in [-0.25, -0.2) is 4.98 Å². The molecule has 4 rings (SSSR count). The van der Waals surface area contributed by atoms with Crippen LogP contribution in [-0.2, 0) is 17.6 Å². The van der Waals surface area contributed by atoms with Crippen molar-refractivity contribution in [3.05, 3.63) is 51.0 Å². The third kappa shape index (κ3) is 3.54. The summed E-state index contributed by atoms with van der Waals surface area (Å²) in [5.41, 5.74) is 3.80. The SMILES string of the molecule is CC(=O)Nc1ccc(-c2csc(NC(=O)c3cc4c(s3)CCC4)n2)cc1. The number of benzene rings is 1. The van der Waals surface area contributed by atoms with E-state index in [1.54, 1.807) is 11.3 Å². The highest BCUT2D eigenvalue weighted by molar-refractivity contribution is 7.15. The first-order chi connectivity index (χ1) is 12.6. The normalized spacial score (nSPS) is 12.7. The number of carbonyl (C=O) groups excluding carboxylic acids is 2. The minimum absolute atomic E-state index is 0.0914. The van der Waals surface area contributed by atoms with E-state index in [0.717, 1.165) is 34.7 Å². The van der Waals surface area contributed by atoms with Gasteiger partial charge in [-0.3, -0.25) is 14.9 Å². The molecule has 0 saturated heterocycles. The van der Waals surface area contributed by atoms with Crippen LogP contribution in [0.15, 0.2) is 35.7 Å². The summed E-state index contributed by atoms with van der Waals surface area (Å²) in [7, 11) is 0. The largest absolute Gasteiger partial charge is 0.326 e. The monoisotopic (exact) mass is 383 g/mol. The number of carbonyl (C=O) groups is 2. The molecule has 1 aliphatic carbocycles. The number of aryl methyl sites for hydroxylation is 2. The summed E-state index contributed by atoms with van der Waals surface area (Å²) in [6, 6.07) is 9.48. The fourth-order valence-corrected chi connectivity index (χ4v) is 4.85. The second-order valence-corrected chi connectivity index (χ2v) is 8.16. The van der Waals surface area contributed by atoms with Gasteiger partial charge in [0.2, 0.25) is 5.91 Å². The molecule has 0 aliphatic heterocycles. The molecule has 0 spiro atoms. The maximum Gasteiger partial charge on any atom is 0.267 e. The minimum Gasteiger partial charge on any atom is -0.326 e. The number of thiazole rings is 1. The maximum absolute atomic E-state index is 12.4. The smallest absolute Gasteiger partial charge is 0.267 e. The molecule has 0 bridgehead atoms. The van der Waals surface area contributed by atoms with Gasteiger partial charge in [-0.05, 0) is 43.0 Å². The Kier molecular flexibility index (Phi) is 4.57. The molecule has 2 N–H and O–H groups in total. The van der Waals surface area contributed by atoms with E-state index >= 15 is 0 Å². The van der Waals surface area contributed by atoms with E-state index in [-0.39, 0.29) is 11.8 Å². The quantitative estimate of drug-likeness (QED) is 0.693. The molecule has 3 aromatic rings. The van der Waals surface area contributed by atoms with E-state index in [0.29, 0.717) is 5.13 Å². The molecular formula is C19H17N3O2S2. The van der Waals surface area contributed by atoms with Crippen LogP contribution in [-0.4, -0.2) is 16.8 Å². The van der Waals surface area contributed by atoms with Crippen molar-refractivity contribution in [2.24, 2.45) is 0 Å². The zero-order valence-electron chi connectivity index (χ0n) is 14.2. The molecule has 132 valence electrons. The highest BCUT2D eigenvalue weighted by Crippen LogP contribution is 2.32. The van der Waals surface area contributed by atoms with Gasteiger partial charge in [0.05, 0.1) is 10.6 Å². The molecule has 0 atom stereocenters. The van der Waals surface area contributed by atoms with Gasteiger partial charge < -0.3 is 5.32 Å². The molecule has 1 aliphatic rings. The van der Waals surface area contributed by atoms with E-state index in [1.165, 1.54) is 35.1 Å². The van der Waals surface area contributed by atoms with Gasteiger partial charge in [0, 0.05) is 28.4 Å². The summed E-state index contributed by atoms with van der Waals surface area (Å²) in [4.78, 5) is 30.1. The first-order valence-electron chi connectivity index (χ1n) is 8.35. The van der Waals surface area contributed by atoms with E-state index in [9.17, 15) is 9.59 Å². The molecule has 7 heteroatoms. The van der Waals surface area contributed by atoms with E-state index in [1.807, 2.05) is 35.7 Å². The summed E-state index contributed by atoms with van der Waals surface area (Å²) in [6.07, 6.45) is 3.36. The van der Waals surface area contributed by atoms with Gasteiger partial charge in [-0.2, -0.15) is 0 Å². The second-order valence-electron chi connectivity index (χ2n) is 6.16. The number of aromatic nitrogens is 1. The zero-order chi connectivity index (χ0) is 18.1. The van der Waals surface area contributed by atoms with Gasteiger partial charge >= 0.3 is 0 Å². The average molecular weight is 383 g/mol. The van der Waals surface area contributed by atoms with Crippen LogP contribution in [0.4, 0.5) is 10.8 Å². The van der Waals surface area contributed by atoms with Crippen LogP contribution in [0.2, 0.25) is 0 Å². The zero-order valence-corrected chi connectivity index (χ0v) is 15.8. The average Bonchev–Trinajstić information content (AvgIpc) is 3.30. The van der Waals surface area contributed by atoms with E-state index < -0.39 is 0 Å². The topological polar surface area (TPSA) is 71.1 Å². The lowest BCUT2D eigenvalue weighted by atomic mass is 10.1. The van der Waals surface area contributed by atoms with Crippen LogP contribution in [0.3, 0.4) is 0 Å². The summed E-state index contributed by atoms with van der Waals surface area (Å²) >= 11 is 2.99. The van der Waals surface area contributed by atoms with Crippen molar-refractivity contribution in [1.82, 2.24) is 4.98 Å². The third-order valence-electron chi connectivity index (χ3n) is 4.20.